The number of fused-ring (bicyclic) bond motifs is 1. The third kappa shape index (κ3) is 3.63. The topological polar surface area (TPSA) is 92.0 Å². The van der Waals surface area contributed by atoms with E-state index in [2.05, 4.69) is 4.98 Å². The lowest BCUT2D eigenvalue weighted by Crippen LogP contribution is -2.42. The number of hydrogen-bond donors (Lipinski definition) is 1. The molecule has 1 aliphatic heterocycles. The van der Waals surface area contributed by atoms with Crippen molar-refractivity contribution in [2.45, 2.75) is 19.8 Å². The maximum absolute atomic E-state index is 12.9. The highest BCUT2D eigenvalue weighted by Gasteiger charge is 2.29. The monoisotopic (exact) mass is 391 g/mol. The van der Waals surface area contributed by atoms with E-state index in [0.29, 0.717) is 37.1 Å². The van der Waals surface area contributed by atoms with Gasteiger partial charge in [0.25, 0.3) is 11.5 Å². The molecule has 1 fully saturated rings. The summed E-state index contributed by atoms with van der Waals surface area (Å²) in [6.45, 7) is 2.72. The molecule has 0 spiro atoms. The molecule has 148 valence electrons. The maximum Gasteiger partial charge on any atom is 0.270 e. The van der Waals surface area contributed by atoms with Gasteiger partial charge in [-0.3, -0.25) is 18.8 Å². The van der Waals surface area contributed by atoms with Crippen LogP contribution in [-0.4, -0.2) is 44.2 Å². The fraction of sp³-hybridized carbons (Fsp3) is 0.273. The zero-order valence-electron chi connectivity index (χ0n) is 16.0. The number of aryl methyl sites for hydroxylation is 1. The van der Waals surface area contributed by atoms with E-state index in [0.717, 1.165) is 5.56 Å². The summed E-state index contributed by atoms with van der Waals surface area (Å²) in [4.78, 5) is 44.1. The van der Waals surface area contributed by atoms with Crippen LogP contribution in [0.2, 0.25) is 0 Å². The fourth-order valence-electron chi connectivity index (χ4n) is 3.70. The van der Waals surface area contributed by atoms with Gasteiger partial charge in [-0.25, -0.2) is 4.98 Å². The SMILES string of the molecule is Cc1ccn2c(=O)c(C(=O)N3CCC(C(=O)c4ccc(O)cc4)CC3)cnc2c1. The van der Waals surface area contributed by atoms with E-state index in [-0.39, 0.29) is 34.5 Å². The number of carbonyl (C=O) groups is 2. The molecule has 0 saturated carbocycles. The molecule has 0 aliphatic carbocycles. The number of ketones is 1. The number of nitrogens with zero attached hydrogens (tertiary/aromatic N) is 3. The van der Waals surface area contributed by atoms with E-state index in [9.17, 15) is 19.5 Å². The zero-order chi connectivity index (χ0) is 20.5. The lowest BCUT2D eigenvalue weighted by atomic mass is 9.88. The van der Waals surface area contributed by atoms with Gasteiger partial charge in [0.15, 0.2) is 5.78 Å². The van der Waals surface area contributed by atoms with Crippen LogP contribution in [0.5, 0.6) is 5.75 Å². The zero-order valence-corrected chi connectivity index (χ0v) is 16.0. The number of piperidine rings is 1. The number of amides is 1. The Hall–Kier alpha value is -3.48. The third-order valence-electron chi connectivity index (χ3n) is 5.40. The number of benzene rings is 1. The minimum Gasteiger partial charge on any atom is -0.508 e. The molecule has 1 amide bonds. The van der Waals surface area contributed by atoms with Crippen molar-refractivity contribution < 1.29 is 14.7 Å². The molecule has 1 N–H and O–H groups in total. The number of phenolic OH excluding ortho intramolecular Hbond substituents is 1. The highest BCUT2D eigenvalue weighted by atomic mass is 16.3. The van der Waals surface area contributed by atoms with Crippen molar-refractivity contribution in [2.75, 3.05) is 13.1 Å². The standard InChI is InChI=1S/C22H21N3O4/c1-14-6-11-25-19(12-14)23-13-18(22(25)29)21(28)24-9-7-16(8-10-24)20(27)15-2-4-17(26)5-3-15/h2-6,11-13,16,26H,7-10H2,1H3. The van der Waals surface area contributed by atoms with Crippen molar-refractivity contribution in [3.05, 3.63) is 75.8 Å². The first kappa shape index (κ1) is 18.9. The Labute approximate surface area is 167 Å². The van der Waals surface area contributed by atoms with E-state index in [4.69, 9.17) is 0 Å². The molecule has 1 aliphatic rings. The van der Waals surface area contributed by atoms with Crippen molar-refractivity contribution in [1.29, 1.82) is 0 Å². The van der Waals surface area contributed by atoms with Gasteiger partial charge in [0, 0.05) is 37.0 Å². The molecule has 29 heavy (non-hydrogen) atoms. The van der Waals surface area contributed by atoms with Gasteiger partial charge in [-0.05, 0) is 61.7 Å². The second-order valence-corrected chi connectivity index (χ2v) is 7.39. The molecular weight excluding hydrogens is 370 g/mol. The molecule has 7 heteroatoms. The summed E-state index contributed by atoms with van der Waals surface area (Å²) in [5.74, 6) is -0.400. The summed E-state index contributed by atoms with van der Waals surface area (Å²) in [6.07, 6.45) is 4.03. The van der Waals surface area contributed by atoms with Gasteiger partial charge in [-0.2, -0.15) is 0 Å². The Morgan fingerprint density at radius 1 is 1.10 bits per heavy atom. The van der Waals surface area contributed by atoms with Gasteiger partial charge in [0.1, 0.15) is 17.0 Å². The van der Waals surface area contributed by atoms with Crippen LogP contribution >= 0.6 is 0 Å². The molecule has 1 aromatic carbocycles. The van der Waals surface area contributed by atoms with E-state index in [1.165, 1.54) is 22.7 Å². The van der Waals surface area contributed by atoms with Crippen LogP contribution in [-0.2, 0) is 0 Å². The molecule has 0 unspecified atom stereocenters. The summed E-state index contributed by atoms with van der Waals surface area (Å²) >= 11 is 0. The number of aromatic nitrogens is 2. The highest BCUT2D eigenvalue weighted by Crippen LogP contribution is 2.23. The molecule has 3 heterocycles. The first-order valence-corrected chi connectivity index (χ1v) is 9.54. The summed E-state index contributed by atoms with van der Waals surface area (Å²) in [5.41, 5.74) is 1.69. The molecular formula is C22H21N3O4. The number of aromatic hydroxyl groups is 1. The number of phenols is 1. The van der Waals surface area contributed by atoms with Crippen LogP contribution in [0, 0.1) is 12.8 Å². The molecule has 4 rings (SSSR count). The summed E-state index contributed by atoms with van der Waals surface area (Å²) < 4.78 is 1.38. The minimum atomic E-state index is -0.387. The molecule has 3 aromatic rings. The van der Waals surface area contributed by atoms with Crippen LogP contribution in [0.15, 0.2) is 53.6 Å². The molecule has 1 saturated heterocycles. The highest BCUT2D eigenvalue weighted by molar-refractivity contribution is 5.98. The predicted octanol–water partition coefficient (Wildman–Crippen LogP) is 2.44. The van der Waals surface area contributed by atoms with E-state index in [1.807, 2.05) is 6.92 Å². The second-order valence-electron chi connectivity index (χ2n) is 7.39. The van der Waals surface area contributed by atoms with Gasteiger partial charge in [-0.15, -0.1) is 0 Å². The average Bonchev–Trinajstić information content (AvgIpc) is 2.73. The van der Waals surface area contributed by atoms with Crippen molar-refractivity contribution in [1.82, 2.24) is 14.3 Å². The predicted molar refractivity (Wildman–Crippen MR) is 107 cm³/mol. The number of hydrogen-bond acceptors (Lipinski definition) is 5. The van der Waals surface area contributed by atoms with Crippen molar-refractivity contribution in [3.8, 4) is 5.75 Å². The van der Waals surface area contributed by atoms with E-state index >= 15 is 0 Å². The lowest BCUT2D eigenvalue weighted by molar-refractivity contribution is 0.0648. The first-order chi connectivity index (χ1) is 13.9. The Morgan fingerprint density at radius 3 is 2.48 bits per heavy atom. The van der Waals surface area contributed by atoms with Gasteiger partial charge in [0.2, 0.25) is 0 Å². The smallest absolute Gasteiger partial charge is 0.270 e. The van der Waals surface area contributed by atoms with E-state index < -0.39 is 0 Å². The van der Waals surface area contributed by atoms with Crippen LogP contribution in [0.3, 0.4) is 0 Å². The summed E-state index contributed by atoms with van der Waals surface area (Å²) in [7, 11) is 0. The molecule has 0 atom stereocenters. The average molecular weight is 391 g/mol. The number of carbonyl (C=O) groups excluding carboxylic acids is 2. The van der Waals surface area contributed by atoms with Crippen molar-refractivity contribution >= 4 is 17.3 Å². The molecule has 2 aromatic heterocycles. The van der Waals surface area contributed by atoms with Gasteiger partial charge in [-0.1, -0.05) is 0 Å². The van der Waals surface area contributed by atoms with E-state index in [1.54, 1.807) is 35.4 Å². The Kier molecular flexibility index (Phi) is 4.88. The van der Waals surface area contributed by atoms with Crippen molar-refractivity contribution in [2.24, 2.45) is 5.92 Å². The molecule has 7 nitrogen and oxygen atoms in total. The Balaban J connectivity index is 1.48. The number of pyridine rings is 1. The fourth-order valence-corrected chi connectivity index (χ4v) is 3.70. The van der Waals surface area contributed by atoms with Crippen LogP contribution in [0.1, 0.15) is 39.1 Å². The van der Waals surface area contributed by atoms with Crippen LogP contribution in [0.4, 0.5) is 0 Å². The van der Waals surface area contributed by atoms with Crippen LogP contribution < -0.4 is 5.56 Å². The third-order valence-corrected chi connectivity index (χ3v) is 5.40. The quantitative estimate of drug-likeness (QED) is 0.693. The van der Waals surface area contributed by atoms with Gasteiger partial charge in [0.05, 0.1) is 0 Å². The lowest BCUT2D eigenvalue weighted by Gasteiger charge is -2.31. The molecule has 0 bridgehead atoms. The Bertz CT molecular complexity index is 1140. The summed E-state index contributed by atoms with van der Waals surface area (Å²) in [6, 6.07) is 9.79. The largest absolute Gasteiger partial charge is 0.508 e. The van der Waals surface area contributed by atoms with Gasteiger partial charge >= 0.3 is 0 Å². The maximum atomic E-state index is 12.9. The normalized spacial score (nSPS) is 14.9. The number of likely N-dealkylation sites (tertiary alicyclic amines) is 1. The minimum absolute atomic E-state index is 0.0138. The molecule has 0 radical (unpaired) electrons. The number of Topliss-reactive ketones (excluding diaryl/α,β-unsaturated/α-hetero) is 1. The summed E-state index contributed by atoms with van der Waals surface area (Å²) in [5, 5.41) is 9.37. The number of rotatable bonds is 3. The van der Waals surface area contributed by atoms with Crippen LogP contribution in [0.25, 0.3) is 5.65 Å². The second kappa shape index (κ2) is 7.50. The Morgan fingerprint density at radius 2 is 1.79 bits per heavy atom. The van der Waals surface area contributed by atoms with Crippen molar-refractivity contribution in [3.63, 3.8) is 0 Å². The van der Waals surface area contributed by atoms with Gasteiger partial charge < -0.3 is 10.0 Å². The first-order valence-electron chi connectivity index (χ1n) is 9.54.